The van der Waals surface area contributed by atoms with Crippen LogP contribution in [0.5, 0.6) is 5.75 Å². The standard InChI is InChI=1S/C30H35ClN8O3/c1-7-9-27(41)33-23-16-24(26(42-6)17-25(23)38(5)15-14-37(3)4)35-30-32-18-21(31)29(36-30)34-22-11-8-10-20-12-13-39(19(2)40)28(20)22/h8,10-11,16-18H,12-15H2,1-6H3,(H,33,41)(H2,32,34,35,36). The van der Waals surface area contributed by atoms with Crippen LogP contribution in [0.4, 0.5) is 40.2 Å². The highest BCUT2D eigenvalue weighted by Crippen LogP contribution is 2.40. The monoisotopic (exact) mass is 590 g/mol. The van der Waals surface area contributed by atoms with Gasteiger partial charge in [-0.25, -0.2) is 4.98 Å². The van der Waals surface area contributed by atoms with E-state index in [4.69, 9.17) is 16.3 Å². The third-order valence-electron chi connectivity index (χ3n) is 6.72. The Bertz CT molecular complexity index is 1550. The Morgan fingerprint density at radius 2 is 1.90 bits per heavy atom. The number of rotatable bonds is 10. The summed E-state index contributed by atoms with van der Waals surface area (Å²) in [6.07, 6.45) is 2.26. The summed E-state index contributed by atoms with van der Waals surface area (Å²) in [5.41, 5.74) is 4.44. The van der Waals surface area contributed by atoms with Crippen molar-refractivity contribution in [2.75, 3.05) is 73.6 Å². The summed E-state index contributed by atoms with van der Waals surface area (Å²) in [6.45, 7) is 5.30. The van der Waals surface area contributed by atoms with Crippen molar-refractivity contribution in [1.29, 1.82) is 0 Å². The Balaban J connectivity index is 1.67. The minimum atomic E-state index is -0.430. The van der Waals surface area contributed by atoms with Gasteiger partial charge in [0.2, 0.25) is 11.9 Å². The van der Waals surface area contributed by atoms with Crippen LogP contribution in [0.25, 0.3) is 0 Å². The Morgan fingerprint density at radius 3 is 2.60 bits per heavy atom. The molecule has 42 heavy (non-hydrogen) atoms. The predicted molar refractivity (Wildman–Crippen MR) is 169 cm³/mol. The molecule has 0 aliphatic carbocycles. The van der Waals surface area contributed by atoms with E-state index in [0.29, 0.717) is 41.1 Å². The van der Waals surface area contributed by atoms with Gasteiger partial charge in [0, 0.05) is 39.7 Å². The van der Waals surface area contributed by atoms with Crippen LogP contribution in [-0.2, 0) is 16.0 Å². The molecule has 1 aliphatic rings. The summed E-state index contributed by atoms with van der Waals surface area (Å²) >= 11 is 6.49. The molecule has 0 fully saturated rings. The minimum Gasteiger partial charge on any atom is -0.494 e. The van der Waals surface area contributed by atoms with Crippen LogP contribution in [0.2, 0.25) is 5.02 Å². The van der Waals surface area contributed by atoms with Gasteiger partial charge in [-0.3, -0.25) is 9.59 Å². The van der Waals surface area contributed by atoms with Crippen LogP contribution in [0.3, 0.4) is 0 Å². The SMILES string of the molecule is CC#CC(=O)Nc1cc(Nc2ncc(Cl)c(Nc3cccc4c3N(C(C)=O)CC4)n2)c(OC)cc1N(C)CCN(C)C. The number of aromatic nitrogens is 2. The zero-order valence-corrected chi connectivity index (χ0v) is 25.4. The van der Waals surface area contributed by atoms with Crippen LogP contribution >= 0.6 is 11.6 Å². The lowest BCUT2D eigenvalue weighted by atomic mass is 10.1. The topological polar surface area (TPSA) is 115 Å². The molecule has 12 heteroatoms. The lowest BCUT2D eigenvalue weighted by Crippen LogP contribution is -2.29. The molecular formula is C30H35ClN8O3. The van der Waals surface area contributed by atoms with E-state index in [1.807, 2.05) is 50.3 Å². The molecule has 0 saturated carbocycles. The largest absolute Gasteiger partial charge is 0.494 e. The van der Waals surface area contributed by atoms with E-state index in [1.165, 1.54) is 6.20 Å². The fourth-order valence-electron chi connectivity index (χ4n) is 4.62. The van der Waals surface area contributed by atoms with Crippen molar-refractivity contribution in [3.8, 4) is 17.6 Å². The van der Waals surface area contributed by atoms with Crippen LogP contribution < -0.4 is 30.5 Å². The van der Waals surface area contributed by atoms with Gasteiger partial charge in [-0.15, -0.1) is 0 Å². The number of hydrogen-bond acceptors (Lipinski definition) is 9. The average Bonchev–Trinajstić information content (AvgIpc) is 3.39. The molecule has 11 nitrogen and oxygen atoms in total. The Morgan fingerprint density at radius 1 is 1.12 bits per heavy atom. The first-order valence-electron chi connectivity index (χ1n) is 13.4. The third-order valence-corrected chi connectivity index (χ3v) is 6.99. The minimum absolute atomic E-state index is 0.0325. The molecule has 2 amide bonds. The van der Waals surface area contributed by atoms with Gasteiger partial charge in [-0.05, 0) is 51.1 Å². The van der Waals surface area contributed by atoms with E-state index in [9.17, 15) is 9.59 Å². The number of carbonyl (C=O) groups is 2. The molecule has 220 valence electrons. The van der Waals surface area contributed by atoms with Crippen molar-refractivity contribution < 1.29 is 14.3 Å². The van der Waals surface area contributed by atoms with E-state index in [2.05, 4.69) is 42.7 Å². The molecule has 3 N–H and O–H groups in total. The number of methoxy groups -OCH3 is 1. The van der Waals surface area contributed by atoms with Crippen molar-refractivity contribution in [2.45, 2.75) is 20.3 Å². The summed E-state index contributed by atoms with van der Waals surface area (Å²) in [5.74, 6) is 5.82. The Labute approximate surface area is 251 Å². The number of likely N-dealkylation sites (N-methyl/N-ethyl adjacent to an activating group) is 2. The quantitative estimate of drug-likeness (QED) is 0.294. The first-order chi connectivity index (χ1) is 20.1. The Hall–Kier alpha value is -4.53. The molecule has 1 aliphatic heterocycles. The number of nitrogens with one attached hydrogen (secondary N) is 3. The van der Waals surface area contributed by atoms with Crippen LogP contribution in [0.1, 0.15) is 19.4 Å². The van der Waals surface area contributed by atoms with Gasteiger partial charge in [0.05, 0.1) is 41.7 Å². The fraction of sp³-hybridized carbons (Fsp3) is 0.333. The number of fused-ring (bicyclic) bond motifs is 1. The predicted octanol–water partition coefficient (Wildman–Crippen LogP) is 4.49. The first-order valence-corrected chi connectivity index (χ1v) is 13.8. The molecule has 3 aromatic rings. The number of benzene rings is 2. The second kappa shape index (κ2) is 13.4. The van der Waals surface area contributed by atoms with E-state index in [-0.39, 0.29) is 11.9 Å². The van der Waals surface area contributed by atoms with Crippen LogP contribution in [0.15, 0.2) is 36.5 Å². The fourth-order valence-corrected chi connectivity index (χ4v) is 4.76. The van der Waals surface area contributed by atoms with Crippen molar-refractivity contribution >= 4 is 63.6 Å². The van der Waals surface area contributed by atoms with Gasteiger partial charge in [-0.1, -0.05) is 29.7 Å². The molecular weight excluding hydrogens is 556 g/mol. The van der Waals surface area contributed by atoms with E-state index < -0.39 is 5.91 Å². The summed E-state index contributed by atoms with van der Waals surface area (Å²) in [4.78, 5) is 39.5. The number of ether oxygens (including phenoxy) is 1. The molecule has 0 bridgehead atoms. The van der Waals surface area contributed by atoms with Crippen molar-refractivity contribution in [3.63, 3.8) is 0 Å². The molecule has 0 atom stereocenters. The number of hydrogen-bond donors (Lipinski definition) is 3. The summed E-state index contributed by atoms with van der Waals surface area (Å²) in [7, 11) is 7.51. The smallest absolute Gasteiger partial charge is 0.300 e. The number of nitrogens with zero attached hydrogens (tertiary/aromatic N) is 5. The molecule has 0 unspecified atom stereocenters. The molecule has 0 radical (unpaired) electrons. The van der Waals surface area contributed by atoms with Gasteiger partial charge in [0.25, 0.3) is 5.91 Å². The molecule has 4 rings (SSSR count). The maximum atomic E-state index is 12.4. The molecule has 0 spiro atoms. The average molecular weight is 591 g/mol. The number of anilines is 7. The van der Waals surface area contributed by atoms with E-state index in [1.54, 1.807) is 31.9 Å². The lowest BCUT2D eigenvalue weighted by molar-refractivity contribution is -0.116. The normalized spacial score (nSPS) is 11.9. The van der Waals surface area contributed by atoms with Crippen molar-refractivity contribution in [3.05, 3.63) is 47.1 Å². The zero-order valence-electron chi connectivity index (χ0n) is 24.6. The van der Waals surface area contributed by atoms with Gasteiger partial charge in [0.15, 0.2) is 5.82 Å². The summed E-state index contributed by atoms with van der Waals surface area (Å²) in [6, 6.07) is 9.42. The lowest BCUT2D eigenvalue weighted by Gasteiger charge is -2.25. The maximum Gasteiger partial charge on any atom is 0.300 e. The van der Waals surface area contributed by atoms with Crippen LogP contribution in [-0.4, -0.2) is 74.6 Å². The van der Waals surface area contributed by atoms with E-state index >= 15 is 0 Å². The second-order valence-corrected chi connectivity index (χ2v) is 10.4. The highest BCUT2D eigenvalue weighted by atomic mass is 35.5. The van der Waals surface area contributed by atoms with Gasteiger partial charge >= 0.3 is 0 Å². The number of amides is 2. The highest BCUT2D eigenvalue weighted by Gasteiger charge is 2.26. The van der Waals surface area contributed by atoms with Gasteiger partial charge < -0.3 is 35.4 Å². The second-order valence-electron chi connectivity index (χ2n) is 10.00. The highest BCUT2D eigenvalue weighted by molar-refractivity contribution is 6.33. The van der Waals surface area contributed by atoms with Gasteiger partial charge in [0.1, 0.15) is 10.8 Å². The Kier molecular flexibility index (Phi) is 9.72. The maximum absolute atomic E-state index is 12.4. The number of para-hydroxylation sites is 1. The number of carbonyl (C=O) groups excluding carboxylic acids is 2. The first kappa shape index (κ1) is 30.4. The third kappa shape index (κ3) is 7.02. The molecule has 1 aromatic heterocycles. The van der Waals surface area contributed by atoms with E-state index in [0.717, 1.165) is 35.6 Å². The zero-order chi connectivity index (χ0) is 30.4. The van der Waals surface area contributed by atoms with Gasteiger partial charge in [-0.2, -0.15) is 4.98 Å². The molecule has 2 aromatic carbocycles. The molecule has 2 heterocycles. The van der Waals surface area contributed by atoms with Crippen molar-refractivity contribution in [2.24, 2.45) is 0 Å². The van der Waals surface area contributed by atoms with Crippen molar-refractivity contribution in [1.82, 2.24) is 14.9 Å². The number of halogens is 1. The molecule has 0 saturated heterocycles. The van der Waals surface area contributed by atoms with Crippen LogP contribution in [0, 0.1) is 11.8 Å². The summed E-state index contributed by atoms with van der Waals surface area (Å²) in [5, 5.41) is 9.66. The summed E-state index contributed by atoms with van der Waals surface area (Å²) < 4.78 is 5.70.